The Kier molecular flexibility index (Phi) is 7.53. The van der Waals surface area contributed by atoms with Crippen LogP contribution in [-0.2, 0) is 0 Å². The Labute approximate surface area is 361 Å². The topological polar surface area (TPSA) is 4.93 Å². The lowest BCUT2D eigenvalue weighted by molar-refractivity contribution is 1.18. The van der Waals surface area contributed by atoms with Crippen LogP contribution in [0, 0.1) is 0 Å². The molecule has 0 N–H and O–H groups in total. The summed E-state index contributed by atoms with van der Waals surface area (Å²) in [6.45, 7) is 5.09. The molecule has 0 radical (unpaired) electrons. The van der Waals surface area contributed by atoms with Gasteiger partial charge in [-0.3, -0.25) is 0 Å². The van der Waals surface area contributed by atoms with Gasteiger partial charge in [0.05, 0.1) is 11.0 Å². The second kappa shape index (κ2) is 13.2. The molecule has 0 saturated heterocycles. The van der Waals surface area contributed by atoms with Crippen LogP contribution >= 0.6 is 0 Å². The lowest BCUT2D eigenvalue weighted by atomic mass is 9.92. The molecular formula is C60H41NSi. The predicted octanol–water partition coefficient (Wildman–Crippen LogP) is 15.2. The minimum atomic E-state index is -2.12. The summed E-state index contributed by atoms with van der Waals surface area (Å²) in [7, 11) is -2.12. The third kappa shape index (κ3) is 5.14. The van der Waals surface area contributed by atoms with E-state index in [1.807, 2.05) is 0 Å². The highest BCUT2D eigenvalue weighted by atomic mass is 28.3. The summed E-state index contributed by atoms with van der Waals surface area (Å²) in [5, 5.41) is 15.8. The number of hydrogen-bond acceptors (Lipinski definition) is 0. The van der Waals surface area contributed by atoms with Gasteiger partial charge in [0, 0.05) is 16.5 Å². The summed E-state index contributed by atoms with van der Waals surface area (Å²) < 4.78 is 2.52. The van der Waals surface area contributed by atoms with Gasteiger partial charge in [-0.25, -0.2) is 0 Å². The average Bonchev–Trinajstić information content (AvgIpc) is 3.77. The molecule has 1 nitrogen and oxygen atoms in total. The Bertz CT molecular complexity index is 3700. The highest BCUT2D eigenvalue weighted by Gasteiger charge is 2.38. The molecule has 290 valence electrons. The first-order valence-corrected chi connectivity index (χ1v) is 24.7. The van der Waals surface area contributed by atoms with E-state index >= 15 is 0 Å². The molecule has 1 aromatic heterocycles. The van der Waals surface area contributed by atoms with E-state index in [-0.39, 0.29) is 0 Å². The number of fused-ring (bicyclic) bond motifs is 11. The van der Waals surface area contributed by atoms with E-state index in [0.29, 0.717) is 0 Å². The van der Waals surface area contributed by atoms with E-state index < -0.39 is 8.07 Å². The molecule has 0 amide bonds. The first kappa shape index (κ1) is 35.3. The molecular weight excluding hydrogens is 763 g/mol. The van der Waals surface area contributed by atoms with E-state index in [9.17, 15) is 0 Å². The third-order valence-electron chi connectivity index (χ3n) is 14.0. The molecule has 0 spiro atoms. The first-order valence-electron chi connectivity index (χ1n) is 21.7. The van der Waals surface area contributed by atoms with Crippen molar-refractivity contribution >= 4 is 83.3 Å². The molecule has 1 aliphatic rings. The highest BCUT2D eigenvalue weighted by molar-refractivity contribution is 7.03. The standard InChI is InChI=1S/C60H41NSi/c1-62(2)59-36-43(54-33-40-15-5-8-20-49(40)50-21-9-10-22-51(50)54)25-29-52(59)53-30-28-44(37-60(53)62)61-57-31-26-41(47-23-11-16-38-13-3-6-18-45(38)47)34-55(57)56-35-42(27-32-58(56)61)48-24-12-17-39-14-4-7-19-46(39)48/h3-37H,1-2H3. The van der Waals surface area contributed by atoms with E-state index in [0.717, 1.165) is 0 Å². The van der Waals surface area contributed by atoms with Gasteiger partial charge in [0.25, 0.3) is 0 Å². The number of benzene rings is 11. The molecule has 0 fully saturated rings. The summed E-state index contributed by atoms with van der Waals surface area (Å²) >= 11 is 0. The number of aromatic nitrogens is 1. The minimum Gasteiger partial charge on any atom is -0.309 e. The lowest BCUT2D eigenvalue weighted by Crippen LogP contribution is -2.49. The van der Waals surface area contributed by atoms with Gasteiger partial charge in [-0.2, -0.15) is 0 Å². The number of rotatable bonds is 4. The molecule has 11 aromatic carbocycles. The first-order chi connectivity index (χ1) is 30.5. The van der Waals surface area contributed by atoms with Crippen molar-refractivity contribution in [1.29, 1.82) is 0 Å². The van der Waals surface area contributed by atoms with Crippen LogP contribution in [0.5, 0.6) is 0 Å². The van der Waals surface area contributed by atoms with Crippen LogP contribution in [0.15, 0.2) is 212 Å². The summed E-state index contributed by atoms with van der Waals surface area (Å²) in [5.74, 6) is 0. The zero-order valence-corrected chi connectivity index (χ0v) is 35.7. The Morgan fingerprint density at radius 2 is 0.758 bits per heavy atom. The van der Waals surface area contributed by atoms with Gasteiger partial charge >= 0.3 is 0 Å². The summed E-state index contributed by atoms with van der Waals surface area (Å²) in [4.78, 5) is 0. The zero-order chi connectivity index (χ0) is 41.1. The van der Waals surface area contributed by atoms with Crippen molar-refractivity contribution in [3.8, 4) is 50.2 Å². The second-order valence-electron chi connectivity index (χ2n) is 17.7. The quantitative estimate of drug-likeness (QED) is 0.123. The van der Waals surface area contributed by atoms with Crippen molar-refractivity contribution in [1.82, 2.24) is 4.57 Å². The molecule has 0 aliphatic carbocycles. The van der Waals surface area contributed by atoms with Crippen molar-refractivity contribution in [3.05, 3.63) is 212 Å². The van der Waals surface area contributed by atoms with Crippen LogP contribution in [-0.4, -0.2) is 12.6 Å². The fraction of sp³-hybridized carbons (Fsp3) is 0.0333. The van der Waals surface area contributed by atoms with Crippen molar-refractivity contribution < 1.29 is 0 Å². The fourth-order valence-corrected chi connectivity index (χ4v) is 14.0. The van der Waals surface area contributed by atoms with Gasteiger partial charge in [-0.1, -0.05) is 183 Å². The smallest absolute Gasteiger partial charge is 0.113 e. The van der Waals surface area contributed by atoms with Gasteiger partial charge in [0.15, 0.2) is 0 Å². The van der Waals surface area contributed by atoms with Gasteiger partial charge in [0.2, 0.25) is 0 Å². The van der Waals surface area contributed by atoms with Crippen LogP contribution in [0.2, 0.25) is 13.1 Å². The average molecular weight is 804 g/mol. The molecule has 13 rings (SSSR count). The van der Waals surface area contributed by atoms with E-state index in [2.05, 4.69) is 230 Å². The fourth-order valence-electron chi connectivity index (χ4n) is 10.9. The summed E-state index contributed by atoms with van der Waals surface area (Å²) in [5.41, 5.74) is 14.0. The van der Waals surface area contributed by atoms with Gasteiger partial charge in [-0.05, 0) is 140 Å². The third-order valence-corrected chi connectivity index (χ3v) is 17.5. The minimum absolute atomic E-state index is 1.22. The van der Waals surface area contributed by atoms with Crippen molar-refractivity contribution in [2.75, 3.05) is 0 Å². The van der Waals surface area contributed by atoms with Gasteiger partial charge < -0.3 is 4.57 Å². The summed E-state index contributed by atoms with van der Waals surface area (Å²) in [6, 6.07) is 79.7. The van der Waals surface area contributed by atoms with Crippen molar-refractivity contribution in [2.45, 2.75) is 13.1 Å². The van der Waals surface area contributed by atoms with Crippen LogP contribution in [0.3, 0.4) is 0 Å². The monoisotopic (exact) mass is 803 g/mol. The molecule has 0 saturated carbocycles. The Morgan fingerprint density at radius 1 is 0.290 bits per heavy atom. The summed E-state index contributed by atoms with van der Waals surface area (Å²) in [6.07, 6.45) is 0. The largest absolute Gasteiger partial charge is 0.309 e. The molecule has 0 bridgehead atoms. The van der Waals surface area contributed by atoms with Crippen LogP contribution in [0.25, 0.3) is 115 Å². The van der Waals surface area contributed by atoms with Crippen molar-refractivity contribution in [3.63, 3.8) is 0 Å². The Balaban J connectivity index is 0.990. The normalized spacial score (nSPS) is 13.1. The molecule has 2 heterocycles. The van der Waals surface area contributed by atoms with E-state index in [1.54, 1.807) is 0 Å². The number of hydrogen-bond donors (Lipinski definition) is 0. The molecule has 0 atom stereocenters. The Morgan fingerprint density at radius 3 is 1.39 bits per heavy atom. The Hall–Kier alpha value is -7.52. The van der Waals surface area contributed by atoms with Crippen LogP contribution in [0.4, 0.5) is 0 Å². The van der Waals surface area contributed by atoms with Gasteiger partial charge in [0.1, 0.15) is 8.07 Å². The number of nitrogens with zero attached hydrogens (tertiary/aromatic N) is 1. The molecule has 1 aliphatic heterocycles. The zero-order valence-electron chi connectivity index (χ0n) is 34.7. The highest BCUT2D eigenvalue weighted by Crippen LogP contribution is 2.42. The van der Waals surface area contributed by atoms with E-state index in [1.165, 1.54) is 125 Å². The van der Waals surface area contributed by atoms with Crippen molar-refractivity contribution in [2.24, 2.45) is 0 Å². The maximum absolute atomic E-state index is 2.54. The molecule has 12 aromatic rings. The maximum Gasteiger partial charge on any atom is 0.113 e. The maximum atomic E-state index is 2.54. The SMILES string of the molecule is C[Si]1(C)c2cc(-c3cc4ccccc4c4ccccc34)ccc2-c2ccc(-n3c4ccc(-c5cccc6ccccc56)cc4c4cc(-c5cccc6ccccc56)ccc43)cc21. The predicted molar refractivity (Wildman–Crippen MR) is 269 cm³/mol. The molecule has 0 unspecified atom stereocenters. The van der Waals surface area contributed by atoms with Crippen LogP contribution in [0.1, 0.15) is 0 Å². The molecule has 62 heavy (non-hydrogen) atoms. The van der Waals surface area contributed by atoms with Crippen LogP contribution < -0.4 is 10.4 Å². The lowest BCUT2D eigenvalue weighted by Gasteiger charge is -2.21. The second-order valence-corrected chi connectivity index (χ2v) is 22.0. The molecule has 2 heteroatoms. The van der Waals surface area contributed by atoms with Gasteiger partial charge in [-0.15, -0.1) is 0 Å². The van der Waals surface area contributed by atoms with E-state index in [4.69, 9.17) is 0 Å².